The van der Waals surface area contributed by atoms with Gasteiger partial charge in [0.15, 0.2) is 0 Å². The molecule has 3 rings (SSSR count). The maximum Gasteiger partial charge on any atom is 0.121 e. The molecule has 106 valence electrons. The van der Waals surface area contributed by atoms with Crippen molar-refractivity contribution in [1.82, 2.24) is 4.98 Å². The van der Waals surface area contributed by atoms with E-state index in [1.54, 1.807) is 13.3 Å². The van der Waals surface area contributed by atoms with Crippen LogP contribution in [0.1, 0.15) is 5.56 Å². The van der Waals surface area contributed by atoms with Gasteiger partial charge in [-0.15, -0.1) is 0 Å². The average molecular weight is 299 g/mol. The Bertz CT molecular complexity index is 774. The molecular formula is C17H15ClN2O. The van der Waals surface area contributed by atoms with Gasteiger partial charge in [0.25, 0.3) is 0 Å². The molecule has 1 heterocycles. The minimum atomic E-state index is 0.681. The van der Waals surface area contributed by atoms with E-state index in [1.165, 1.54) is 10.9 Å². The Hall–Kier alpha value is -2.26. The summed E-state index contributed by atoms with van der Waals surface area (Å²) in [4.78, 5) is 4.12. The maximum absolute atomic E-state index is 6.19. The SMILES string of the molecule is COc1ccc(Cl)c(NCc2ccc3cnccc3c2)c1. The highest BCUT2D eigenvalue weighted by Crippen LogP contribution is 2.27. The van der Waals surface area contributed by atoms with Crippen LogP contribution in [0.2, 0.25) is 5.02 Å². The van der Waals surface area contributed by atoms with Gasteiger partial charge < -0.3 is 10.1 Å². The minimum Gasteiger partial charge on any atom is -0.497 e. The van der Waals surface area contributed by atoms with Gasteiger partial charge in [-0.3, -0.25) is 4.98 Å². The van der Waals surface area contributed by atoms with Gasteiger partial charge in [-0.25, -0.2) is 0 Å². The fourth-order valence-corrected chi connectivity index (χ4v) is 2.39. The summed E-state index contributed by atoms with van der Waals surface area (Å²) in [6.07, 6.45) is 3.67. The molecule has 0 saturated heterocycles. The number of halogens is 1. The van der Waals surface area contributed by atoms with E-state index in [9.17, 15) is 0 Å². The molecule has 0 aliphatic carbocycles. The van der Waals surface area contributed by atoms with Crippen LogP contribution in [-0.2, 0) is 6.54 Å². The van der Waals surface area contributed by atoms with E-state index < -0.39 is 0 Å². The second kappa shape index (κ2) is 6.02. The summed E-state index contributed by atoms with van der Waals surface area (Å²) in [6.45, 7) is 0.700. The zero-order valence-electron chi connectivity index (χ0n) is 11.6. The quantitative estimate of drug-likeness (QED) is 0.769. The lowest BCUT2D eigenvalue weighted by atomic mass is 10.1. The molecule has 1 aromatic heterocycles. The smallest absolute Gasteiger partial charge is 0.121 e. The molecular weight excluding hydrogens is 284 g/mol. The lowest BCUT2D eigenvalue weighted by Gasteiger charge is -2.10. The van der Waals surface area contributed by atoms with Crippen LogP contribution in [-0.4, -0.2) is 12.1 Å². The van der Waals surface area contributed by atoms with Crippen molar-refractivity contribution in [3.8, 4) is 5.75 Å². The first-order chi connectivity index (χ1) is 10.3. The summed E-state index contributed by atoms with van der Waals surface area (Å²) in [7, 11) is 1.64. The first kappa shape index (κ1) is 13.7. The molecule has 4 heteroatoms. The molecule has 0 radical (unpaired) electrons. The first-order valence-electron chi connectivity index (χ1n) is 6.66. The number of ether oxygens (including phenoxy) is 1. The van der Waals surface area contributed by atoms with Crippen molar-refractivity contribution in [3.05, 3.63) is 65.4 Å². The predicted octanol–water partition coefficient (Wildman–Crippen LogP) is 4.51. The summed E-state index contributed by atoms with van der Waals surface area (Å²) in [5, 5.41) is 6.34. The Morgan fingerprint density at radius 1 is 1.10 bits per heavy atom. The second-order valence-electron chi connectivity index (χ2n) is 4.76. The molecule has 0 atom stereocenters. The van der Waals surface area contributed by atoms with Crippen LogP contribution in [0.5, 0.6) is 5.75 Å². The van der Waals surface area contributed by atoms with Gasteiger partial charge in [0.1, 0.15) is 5.75 Å². The first-order valence-corrected chi connectivity index (χ1v) is 7.04. The van der Waals surface area contributed by atoms with Crippen LogP contribution < -0.4 is 10.1 Å². The number of rotatable bonds is 4. The highest BCUT2D eigenvalue weighted by Gasteiger charge is 2.03. The van der Waals surface area contributed by atoms with E-state index in [4.69, 9.17) is 16.3 Å². The Balaban J connectivity index is 1.80. The van der Waals surface area contributed by atoms with Crippen molar-refractivity contribution in [1.29, 1.82) is 0 Å². The van der Waals surface area contributed by atoms with Crippen LogP contribution in [0.15, 0.2) is 54.9 Å². The number of nitrogens with one attached hydrogen (secondary N) is 1. The highest BCUT2D eigenvalue weighted by molar-refractivity contribution is 6.33. The van der Waals surface area contributed by atoms with Crippen molar-refractivity contribution >= 4 is 28.1 Å². The van der Waals surface area contributed by atoms with Crippen LogP contribution in [0.25, 0.3) is 10.8 Å². The maximum atomic E-state index is 6.19. The van der Waals surface area contributed by atoms with Gasteiger partial charge in [0.05, 0.1) is 17.8 Å². The standard InChI is InChI=1S/C17H15ClN2O/c1-21-15-4-5-16(18)17(9-15)20-10-12-2-3-14-11-19-7-6-13(14)8-12/h2-9,11,20H,10H2,1H3. The summed E-state index contributed by atoms with van der Waals surface area (Å²) in [5.74, 6) is 0.784. The van der Waals surface area contributed by atoms with Crippen molar-refractivity contribution in [2.24, 2.45) is 0 Å². The molecule has 0 saturated carbocycles. The van der Waals surface area contributed by atoms with Gasteiger partial charge in [-0.2, -0.15) is 0 Å². The summed E-state index contributed by atoms with van der Waals surface area (Å²) < 4.78 is 5.21. The van der Waals surface area contributed by atoms with E-state index in [0.717, 1.165) is 16.8 Å². The Labute approximate surface area is 128 Å². The van der Waals surface area contributed by atoms with E-state index in [0.29, 0.717) is 11.6 Å². The summed E-state index contributed by atoms with van der Waals surface area (Å²) >= 11 is 6.19. The van der Waals surface area contributed by atoms with Crippen LogP contribution >= 0.6 is 11.6 Å². The van der Waals surface area contributed by atoms with Gasteiger partial charge in [0, 0.05) is 30.4 Å². The number of benzene rings is 2. The van der Waals surface area contributed by atoms with Crippen molar-refractivity contribution in [2.75, 3.05) is 12.4 Å². The monoisotopic (exact) mass is 298 g/mol. The molecule has 21 heavy (non-hydrogen) atoms. The van der Waals surface area contributed by atoms with Gasteiger partial charge >= 0.3 is 0 Å². The van der Waals surface area contributed by atoms with Crippen LogP contribution in [0.3, 0.4) is 0 Å². The number of methoxy groups -OCH3 is 1. The van der Waals surface area contributed by atoms with Gasteiger partial charge in [-0.05, 0) is 35.2 Å². The van der Waals surface area contributed by atoms with Crippen LogP contribution in [0.4, 0.5) is 5.69 Å². The molecule has 0 amide bonds. The lowest BCUT2D eigenvalue weighted by Crippen LogP contribution is -2.00. The molecule has 3 aromatic rings. The summed E-state index contributed by atoms with van der Waals surface area (Å²) in [6, 6.07) is 13.9. The van der Waals surface area contributed by atoms with E-state index >= 15 is 0 Å². The third-order valence-electron chi connectivity index (χ3n) is 3.36. The third-order valence-corrected chi connectivity index (χ3v) is 3.69. The fraction of sp³-hybridized carbons (Fsp3) is 0.118. The number of anilines is 1. The second-order valence-corrected chi connectivity index (χ2v) is 5.16. The largest absolute Gasteiger partial charge is 0.497 e. The normalized spacial score (nSPS) is 10.6. The summed E-state index contributed by atoms with van der Waals surface area (Å²) in [5.41, 5.74) is 2.05. The average Bonchev–Trinajstić information content (AvgIpc) is 2.54. The molecule has 0 unspecified atom stereocenters. The Kier molecular flexibility index (Phi) is 3.93. The predicted molar refractivity (Wildman–Crippen MR) is 87.1 cm³/mol. The molecule has 2 aromatic carbocycles. The molecule has 1 N–H and O–H groups in total. The van der Waals surface area contributed by atoms with Crippen LogP contribution in [0, 0.1) is 0 Å². The highest BCUT2D eigenvalue weighted by atomic mass is 35.5. The number of fused-ring (bicyclic) bond motifs is 1. The van der Waals surface area contributed by atoms with Gasteiger partial charge in [0.2, 0.25) is 0 Å². The molecule has 0 fully saturated rings. The zero-order chi connectivity index (χ0) is 14.7. The van der Waals surface area contributed by atoms with E-state index in [1.807, 2.05) is 30.5 Å². The zero-order valence-corrected chi connectivity index (χ0v) is 12.4. The molecule has 3 nitrogen and oxygen atoms in total. The fourth-order valence-electron chi connectivity index (χ4n) is 2.21. The number of hydrogen-bond acceptors (Lipinski definition) is 3. The molecule has 0 bridgehead atoms. The van der Waals surface area contributed by atoms with E-state index in [2.05, 4.69) is 28.5 Å². The Morgan fingerprint density at radius 2 is 2.00 bits per heavy atom. The topological polar surface area (TPSA) is 34.1 Å². The Morgan fingerprint density at radius 3 is 2.86 bits per heavy atom. The van der Waals surface area contributed by atoms with E-state index in [-0.39, 0.29) is 0 Å². The van der Waals surface area contributed by atoms with Crippen molar-refractivity contribution in [2.45, 2.75) is 6.54 Å². The van der Waals surface area contributed by atoms with Crippen molar-refractivity contribution in [3.63, 3.8) is 0 Å². The lowest BCUT2D eigenvalue weighted by molar-refractivity contribution is 0.415. The van der Waals surface area contributed by atoms with Crippen molar-refractivity contribution < 1.29 is 4.74 Å². The molecule has 0 spiro atoms. The third kappa shape index (κ3) is 3.09. The minimum absolute atomic E-state index is 0.681. The number of nitrogens with zero attached hydrogens (tertiary/aromatic N) is 1. The number of hydrogen-bond donors (Lipinski definition) is 1. The molecule has 0 aliphatic heterocycles. The number of pyridine rings is 1. The number of aromatic nitrogens is 1. The molecule has 0 aliphatic rings. The van der Waals surface area contributed by atoms with Gasteiger partial charge in [-0.1, -0.05) is 23.7 Å².